The molecule has 0 spiro atoms. The van der Waals surface area contributed by atoms with Gasteiger partial charge in [-0.3, -0.25) is 9.59 Å². The fourth-order valence-corrected chi connectivity index (χ4v) is 7.04. The van der Waals surface area contributed by atoms with Gasteiger partial charge in [-0.25, -0.2) is 8.42 Å². The van der Waals surface area contributed by atoms with Gasteiger partial charge < -0.3 is 10.2 Å². The first-order valence-corrected chi connectivity index (χ1v) is 12.4. The summed E-state index contributed by atoms with van der Waals surface area (Å²) in [5.41, 5.74) is 4.03. The summed E-state index contributed by atoms with van der Waals surface area (Å²) in [4.78, 5) is 27.8. The standard InChI is InChI=1S/C25H32N2O4S/c1-17-11-12-18(2)21(15-17)32(30,31)25(13-6-7-14-25)24(29)27(5)16-22(28)26-23-19(3)9-8-10-20(23)4/h8-12,15H,6-7,13-14,16H2,1-5H3,(H,26,28). The average molecular weight is 457 g/mol. The Morgan fingerprint density at radius 2 is 1.56 bits per heavy atom. The van der Waals surface area contributed by atoms with E-state index in [1.807, 2.05) is 45.0 Å². The summed E-state index contributed by atoms with van der Waals surface area (Å²) in [6.07, 6.45) is 1.87. The highest BCUT2D eigenvalue weighted by Crippen LogP contribution is 2.42. The maximum Gasteiger partial charge on any atom is 0.244 e. The van der Waals surface area contributed by atoms with Crippen molar-refractivity contribution < 1.29 is 18.0 Å². The average Bonchev–Trinajstić information content (AvgIpc) is 3.23. The summed E-state index contributed by atoms with van der Waals surface area (Å²) in [6, 6.07) is 11.0. The number of nitrogens with one attached hydrogen (secondary N) is 1. The van der Waals surface area contributed by atoms with Crippen molar-refractivity contribution in [1.82, 2.24) is 4.90 Å². The minimum atomic E-state index is -3.93. The molecule has 1 saturated carbocycles. The van der Waals surface area contributed by atoms with Crippen LogP contribution in [0.15, 0.2) is 41.3 Å². The molecule has 0 heterocycles. The maximum absolute atomic E-state index is 13.8. The van der Waals surface area contributed by atoms with Gasteiger partial charge in [-0.1, -0.05) is 43.2 Å². The lowest BCUT2D eigenvalue weighted by atomic mass is 10.1. The molecule has 1 aliphatic carbocycles. The lowest BCUT2D eigenvalue weighted by molar-refractivity contribution is -0.135. The second-order valence-electron chi connectivity index (χ2n) is 8.95. The normalized spacial score (nSPS) is 15.4. The van der Waals surface area contributed by atoms with E-state index in [2.05, 4.69) is 5.32 Å². The maximum atomic E-state index is 13.8. The van der Waals surface area contributed by atoms with E-state index in [-0.39, 0.29) is 30.2 Å². The predicted octanol–water partition coefficient (Wildman–Crippen LogP) is 4.10. The van der Waals surface area contributed by atoms with Crippen LogP contribution in [0, 0.1) is 27.7 Å². The largest absolute Gasteiger partial charge is 0.335 e. The third kappa shape index (κ3) is 4.31. The van der Waals surface area contributed by atoms with Crippen LogP contribution in [0.25, 0.3) is 0 Å². The number of aryl methyl sites for hydroxylation is 4. The number of nitrogens with zero attached hydrogens (tertiary/aromatic N) is 1. The van der Waals surface area contributed by atoms with Crippen LogP contribution in [0.5, 0.6) is 0 Å². The number of hydrogen-bond donors (Lipinski definition) is 1. The number of rotatable bonds is 6. The minimum Gasteiger partial charge on any atom is -0.335 e. The molecule has 6 nitrogen and oxygen atoms in total. The topological polar surface area (TPSA) is 83.6 Å². The molecule has 1 aliphatic rings. The zero-order valence-electron chi connectivity index (χ0n) is 19.5. The van der Waals surface area contributed by atoms with Gasteiger partial charge in [-0.2, -0.15) is 0 Å². The third-order valence-electron chi connectivity index (χ3n) is 6.42. The van der Waals surface area contributed by atoms with E-state index in [1.54, 1.807) is 19.1 Å². The smallest absolute Gasteiger partial charge is 0.244 e. The molecule has 0 aromatic heterocycles. The Morgan fingerprint density at radius 3 is 2.16 bits per heavy atom. The predicted molar refractivity (Wildman–Crippen MR) is 126 cm³/mol. The molecule has 0 aliphatic heterocycles. The zero-order valence-corrected chi connectivity index (χ0v) is 20.3. The Balaban J connectivity index is 1.87. The molecule has 2 amide bonds. The Hall–Kier alpha value is -2.67. The first-order chi connectivity index (χ1) is 15.0. The highest BCUT2D eigenvalue weighted by Gasteiger charge is 2.54. The van der Waals surface area contributed by atoms with Crippen molar-refractivity contribution in [3.8, 4) is 0 Å². The molecular formula is C25H32N2O4S. The van der Waals surface area contributed by atoms with Crippen LogP contribution in [-0.4, -0.2) is 43.5 Å². The Labute approximate surface area is 190 Å². The number of para-hydroxylation sites is 1. The van der Waals surface area contributed by atoms with Crippen molar-refractivity contribution in [3.05, 3.63) is 58.7 Å². The molecule has 0 atom stereocenters. The molecule has 0 radical (unpaired) electrons. The van der Waals surface area contributed by atoms with Crippen LogP contribution in [0.1, 0.15) is 47.9 Å². The summed E-state index contributed by atoms with van der Waals surface area (Å²) in [5.74, 6) is -0.858. The van der Waals surface area contributed by atoms with Gasteiger partial charge in [0.05, 0.1) is 11.4 Å². The van der Waals surface area contributed by atoms with E-state index < -0.39 is 20.5 Å². The van der Waals surface area contributed by atoms with Gasteiger partial charge in [0, 0.05) is 12.7 Å². The van der Waals surface area contributed by atoms with E-state index in [1.165, 1.54) is 11.9 Å². The van der Waals surface area contributed by atoms with Crippen LogP contribution in [0.4, 0.5) is 5.69 Å². The molecule has 1 N–H and O–H groups in total. The molecule has 7 heteroatoms. The van der Waals surface area contributed by atoms with Crippen LogP contribution >= 0.6 is 0 Å². The quantitative estimate of drug-likeness (QED) is 0.709. The molecular weight excluding hydrogens is 424 g/mol. The summed E-state index contributed by atoms with van der Waals surface area (Å²) < 4.78 is 26.1. The molecule has 172 valence electrons. The molecule has 3 rings (SSSR count). The van der Waals surface area contributed by atoms with Crippen molar-refractivity contribution in [3.63, 3.8) is 0 Å². The van der Waals surface area contributed by atoms with Crippen molar-refractivity contribution in [1.29, 1.82) is 0 Å². The molecule has 0 bridgehead atoms. The zero-order chi connectivity index (χ0) is 23.7. The molecule has 2 aromatic carbocycles. The van der Waals surface area contributed by atoms with Gasteiger partial charge in [0.2, 0.25) is 11.8 Å². The van der Waals surface area contributed by atoms with Crippen molar-refractivity contribution >= 4 is 27.3 Å². The second kappa shape index (κ2) is 9.06. The van der Waals surface area contributed by atoms with Gasteiger partial charge in [-0.15, -0.1) is 0 Å². The number of likely N-dealkylation sites (N-methyl/N-ethyl adjacent to an activating group) is 1. The molecule has 1 fully saturated rings. The van der Waals surface area contributed by atoms with Gasteiger partial charge >= 0.3 is 0 Å². The monoisotopic (exact) mass is 456 g/mol. The van der Waals surface area contributed by atoms with Crippen LogP contribution in [0.2, 0.25) is 0 Å². The van der Waals surface area contributed by atoms with Gasteiger partial charge in [0.1, 0.15) is 0 Å². The number of carbonyl (C=O) groups is 2. The number of sulfone groups is 1. The summed E-state index contributed by atoms with van der Waals surface area (Å²) in [7, 11) is -2.42. The SMILES string of the molecule is Cc1ccc(C)c(S(=O)(=O)C2(C(=O)N(C)CC(=O)Nc3c(C)cccc3C)CCCC2)c1. The van der Waals surface area contributed by atoms with Crippen molar-refractivity contribution in [2.75, 3.05) is 18.9 Å². The first kappa shape index (κ1) is 24.0. The van der Waals surface area contributed by atoms with E-state index in [9.17, 15) is 18.0 Å². The van der Waals surface area contributed by atoms with E-state index in [0.29, 0.717) is 18.4 Å². The molecule has 0 unspecified atom stereocenters. The van der Waals surface area contributed by atoms with E-state index in [0.717, 1.165) is 22.4 Å². The van der Waals surface area contributed by atoms with Crippen LogP contribution in [-0.2, 0) is 19.4 Å². The van der Waals surface area contributed by atoms with Crippen molar-refractivity contribution in [2.45, 2.75) is 63.0 Å². The Bertz CT molecular complexity index is 1130. The lowest BCUT2D eigenvalue weighted by Crippen LogP contribution is -2.52. The third-order valence-corrected chi connectivity index (χ3v) is 9.05. The number of carbonyl (C=O) groups excluding carboxylic acids is 2. The lowest BCUT2D eigenvalue weighted by Gasteiger charge is -2.32. The fourth-order valence-electron chi connectivity index (χ4n) is 4.58. The highest BCUT2D eigenvalue weighted by molar-refractivity contribution is 7.93. The van der Waals surface area contributed by atoms with E-state index >= 15 is 0 Å². The number of anilines is 1. The van der Waals surface area contributed by atoms with Crippen LogP contribution in [0.3, 0.4) is 0 Å². The van der Waals surface area contributed by atoms with Gasteiger partial charge in [0.25, 0.3) is 0 Å². The number of amides is 2. The van der Waals surface area contributed by atoms with Gasteiger partial charge in [0.15, 0.2) is 14.6 Å². The summed E-state index contributed by atoms with van der Waals surface area (Å²) in [6.45, 7) is 7.19. The number of hydrogen-bond acceptors (Lipinski definition) is 4. The Kier molecular flexibility index (Phi) is 6.79. The second-order valence-corrected chi connectivity index (χ2v) is 11.2. The minimum absolute atomic E-state index is 0.209. The van der Waals surface area contributed by atoms with E-state index in [4.69, 9.17) is 0 Å². The van der Waals surface area contributed by atoms with Crippen LogP contribution < -0.4 is 5.32 Å². The Morgan fingerprint density at radius 1 is 0.969 bits per heavy atom. The molecule has 2 aromatic rings. The summed E-state index contributed by atoms with van der Waals surface area (Å²) >= 11 is 0. The molecule has 32 heavy (non-hydrogen) atoms. The number of benzene rings is 2. The first-order valence-electron chi connectivity index (χ1n) is 10.9. The highest BCUT2D eigenvalue weighted by atomic mass is 32.2. The van der Waals surface area contributed by atoms with Crippen molar-refractivity contribution in [2.24, 2.45) is 0 Å². The molecule has 0 saturated heterocycles. The van der Waals surface area contributed by atoms with Gasteiger partial charge in [-0.05, 0) is 68.9 Å². The fraction of sp³-hybridized carbons (Fsp3) is 0.440. The summed E-state index contributed by atoms with van der Waals surface area (Å²) in [5, 5.41) is 2.87.